The Kier molecular flexibility index (Phi) is 12.6. The SMILES string of the molecule is CCNC(=NCC(C(CC)CC)N1CCOCC1)NCCCOC1CCOCC1. The Morgan fingerprint density at radius 3 is 2.38 bits per heavy atom. The molecule has 2 aliphatic rings. The van der Waals surface area contributed by atoms with Crippen molar-refractivity contribution in [3.8, 4) is 0 Å². The molecule has 2 aliphatic heterocycles. The molecule has 2 N–H and O–H groups in total. The van der Waals surface area contributed by atoms with Gasteiger partial charge in [-0.05, 0) is 32.1 Å². The van der Waals surface area contributed by atoms with E-state index in [9.17, 15) is 0 Å². The molecule has 2 heterocycles. The number of hydrogen-bond acceptors (Lipinski definition) is 5. The summed E-state index contributed by atoms with van der Waals surface area (Å²) >= 11 is 0. The summed E-state index contributed by atoms with van der Waals surface area (Å²) in [5.41, 5.74) is 0. The van der Waals surface area contributed by atoms with Gasteiger partial charge in [0.05, 0.1) is 25.9 Å². The van der Waals surface area contributed by atoms with Gasteiger partial charge in [-0.3, -0.25) is 9.89 Å². The fourth-order valence-corrected chi connectivity index (χ4v) is 4.20. The van der Waals surface area contributed by atoms with Crippen molar-refractivity contribution in [3.05, 3.63) is 0 Å². The molecule has 0 aromatic heterocycles. The first kappa shape index (κ1) is 24.4. The minimum atomic E-state index is 0.375. The van der Waals surface area contributed by atoms with E-state index in [4.69, 9.17) is 19.2 Å². The first-order valence-electron chi connectivity index (χ1n) is 11.8. The number of morpholine rings is 1. The summed E-state index contributed by atoms with van der Waals surface area (Å²) in [7, 11) is 0. The zero-order chi connectivity index (χ0) is 20.7. The van der Waals surface area contributed by atoms with Crippen LogP contribution in [0, 0.1) is 5.92 Å². The van der Waals surface area contributed by atoms with Gasteiger partial charge in [0.25, 0.3) is 0 Å². The van der Waals surface area contributed by atoms with E-state index in [2.05, 4.69) is 36.3 Å². The normalized spacial score (nSPS) is 20.8. The highest BCUT2D eigenvalue weighted by Crippen LogP contribution is 2.20. The van der Waals surface area contributed by atoms with Crippen molar-refractivity contribution in [2.75, 3.05) is 65.8 Å². The van der Waals surface area contributed by atoms with E-state index >= 15 is 0 Å². The second-order valence-corrected chi connectivity index (χ2v) is 7.97. The Hall–Kier alpha value is -0.890. The molecule has 0 aromatic carbocycles. The van der Waals surface area contributed by atoms with Gasteiger partial charge in [0.15, 0.2) is 5.96 Å². The van der Waals surface area contributed by atoms with Crippen molar-refractivity contribution in [2.45, 2.75) is 65.0 Å². The molecule has 2 saturated heterocycles. The van der Waals surface area contributed by atoms with Gasteiger partial charge in [-0.2, -0.15) is 0 Å². The van der Waals surface area contributed by atoms with Crippen molar-refractivity contribution in [3.63, 3.8) is 0 Å². The highest BCUT2D eigenvalue weighted by atomic mass is 16.5. The van der Waals surface area contributed by atoms with E-state index in [1.807, 2.05) is 0 Å². The third kappa shape index (κ3) is 9.20. The second kappa shape index (κ2) is 15.0. The van der Waals surface area contributed by atoms with Crippen LogP contribution in [0.25, 0.3) is 0 Å². The van der Waals surface area contributed by atoms with E-state index in [0.29, 0.717) is 18.1 Å². The maximum atomic E-state index is 5.96. The minimum absolute atomic E-state index is 0.375. The predicted octanol–water partition coefficient (Wildman–Crippen LogP) is 2.26. The number of ether oxygens (including phenoxy) is 3. The topological polar surface area (TPSA) is 67.4 Å². The third-order valence-corrected chi connectivity index (χ3v) is 6.02. The fourth-order valence-electron chi connectivity index (χ4n) is 4.20. The van der Waals surface area contributed by atoms with Crippen LogP contribution >= 0.6 is 0 Å². The first-order valence-corrected chi connectivity index (χ1v) is 11.8. The highest BCUT2D eigenvalue weighted by molar-refractivity contribution is 5.79. The van der Waals surface area contributed by atoms with E-state index in [0.717, 1.165) is 91.0 Å². The average molecular weight is 413 g/mol. The first-order chi connectivity index (χ1) is 14.3. The van der Waals surface area contributed by atoms with Crippen LogP contribution in [-0.2, 0) is 14.2 Å². The zero-order valence-corrected chi connectivity index (χ0v) is 19.0. The van der Waals surface area contributed by atoms with Gasteiger partial charge in [-0.25, -0.2) is 0 Å². The Balaban J connectivity index is 1.79. The summed E-state index contributed by atoms with van der Waals surface area (Å²) in [6.07, 6.45) is 5.80. The van der Waals surface area contributed by atoms with Crippen LogP contribution in [0.15, 0.2) is 4.99 Å². The molecule has 29 heavy (non-hydrogen) atoms. The van der Waals surface area contributed by atoms with Crippen LogP contribution in [0.1, 0.15) is 52.9 Å². The summed E-state index contributed by atoms with van der Waals surface area (Å²) in [4.78, 5) is 7.53. The van der Waals surface area contributed by atoms with Crippen molar-refractivity contribution in [1.29, 1.82) is 0 Å². The Bertz CT molecular complexity index is 434. The maximum Gasteiger partial charge on any atom is 0.191 e. The lowest BCUT2D eigenvalue weighted by atomic mass is 9.92. The van der Waals surface area contributed by atoms with Crippen molar-refractivity contribution in [1.82, 2.24) is 15.5 Å². The van der Waals surface area contributed by atoms with Gasteiger partial charge in [0.2, 0.25) is 0 Å². The molecular formula is C22H44N4O3. The summed E-state index contributed by atoms with van der Waals surface area (Å²) < 4.78 is 16.9. The molecule has 7 heteroatoms. The van der Waals surface area contributed by atoms with Crippen LogP contribution in [0.3, 0.4) is 0 Å². The molecule has 0 spiro atoms. The Morgan fingerprint density at radius 2 is 1.72 bits per heavy atom. The third-order valence-electron chi connectivity index (χ3n) is 6.02. The van der Waals surface area contributed by atoms with Crippen LogP contribution in [-0.4, -0.2) is 88.8 Å². The van der Waals surface area contributed by atoms with Crippen molar-refractivity contribution in [2.24, 2.45) is 10.9 Å². The summed E-state index contributed by atoms with van der Waals surface area (Å²) in [5.74, 6) is 1.59. The fraction of sp³-hybridized carbons (Fsp3) is 0.955. The van der Waals surface area contributed by atoms with E-state index < -0.39 is 0 Å². The van der Waals surface area contributed by atoms with E-state index in [-0.39, 0.29) is 0 Å². The molecule has 7 nitrogen and oxygen atoms in total. The monoisotopic (exact) mass is 412 g/mol. The molecule has 0 amide bonds. The van der Waals surface area contributed by atoms with Gasteiger partial charge in [0, 0.05) is 52.0 Å². The van der Waals surface area contributed by atoms with E-state index in [1.165, 1.54) is 12.8 Å². The standard InChI is InChI=1S/C22H44N4O3/c1-4-19(5-2)21(26-11-16-28-17-12-26)18-25-22(23-6-3)24-10-7-13-29-20-8-14-27-15-9-20/h19-21H,4-18H2,1-3H3,(H2,23,24,25). The summed E-state index contributed by atoms with van der Waals surface area (Å²) in [6.45, 7) is 15.5. The molecule has 0 bridgehead atoms. The molecule has 0 radical (unpaired) electrons. The average Bonchev–Trinajstić information content (AvgIpc) is 2.77. The van der Waals surface area contributed by atoms with Crippen LogP contribution < -0.4 is 10.6 Å². The molecule has 170 valence electrons. The van der Waals surface area contributed by atoms with E-state index in [1.54, 1.807) is 0 Å². The predicted molar refractivity (Wildman–Crippen MR) is 119 cm³/mol. The largest absolute Gasteiger partial charge is 0.381 e. The van der Waals surface area contributed by atoms with Crippen LogP contribution in [0.5, 0.6) is 0 Å². The molecule has 0 saturated carbocycles. The molecule has 0 aromatic rings. The zero-order valence-electron chi connectivity index (χ0n) is 19.0. The molecule has 1 atom stereocenters. The number of nitrogens with zero attached hydrogens (tertiary/aromatic N) is 2. The van der Waals surface area contributed by atoms with Crippen molar-refractivity contribution >= 4 is 5.96 Å². The molecular weight excluding hydrogens is 368 g/mol. The van der Waals surface area contributed by atoms with Crippen molar-refractivity contribution < 1.29 is 14.2 Å². The minimum Gasteiger partial charge on any atom is -0.381 e. The lowest BCUT2D eigenvalue weighted by Crippen LogP contribution is -2.49. The molecule has 1 unspecified atom stereocenters. The molecule has 2 fully saturated rings. The number of rotatable bonds is 12. The summed E-state index contributed by atoms with van der Waals surface area (Å²) in [5, 5.41) is 6.88. The quantitative estimate of drug-likeness (QED) is 0.291. The highest BCUT2D eigenvalue weighted by Gasteiger charge is 2.26. The number of guanidine groups is 1. The number of aliphatic imine (C=N–C) groups is 1. The van der Waals surface area contributed by atoms with Gasteiger partial charge in [-0.1, -0.05) is 26.7 Å². The van der Waals surface area contributed by atoms with Gasteiger partial charge in [0.1, 0.15) is 0 Å². The maximum absolute atomic E-state index is 5.96. The molecule has 0 aliphatic carbocycles. The lowest BCUT2D eigenvalue weighted by Gasteiger charge is -2.38. The van der Waals surface area contributed by atoms with Gasteiger partial charge in [-0.15, -0.1) is 0 Å². The summed E-state index contributed by atoms with van der Waals surface area (Å²) in [6, 6.07) is 0.487. The lowest BCUT2D eigenvalue weighted by molar-refractivity contribution is -0.0320. The number of nitrogens with one attached hydrogen (secondary N) is 2. The van der Waals surface area contributed by atoms with Crippen LogP contribution in [0.2, 0.25) is 0 Å². The number of hydrogen-bond donors (Lipinski definition) is 2. The molecule has 2 rings (SSSR count). The van der Waals surface area contributed by atoms with Gasteiger partial charge >= 0.3 is 0 Å². The Labute approximate surface area is 177 Å². The smallest absolute Gasteiger partial charge is 0.191 e. The second-order valence-electron chi connectivity index (χ2n) is 7.97. The van der Waals surface area contributed by atoms with Gasteiger partial charge < -0.3 is 24.8 Å². The van der Waals surface area contributed by atoms with Crippen LogP contribution in [0.4, 0.5) is 0 Å². The Morgan fingerprint density at radius 1 is 1.03 bits per heavy atom.